The molecule has 0 fully saturated rings. The third kappa shape index (κ3) is 3.63. The van der Waals surface area contributed by atoms with Gasteiger partial charge in [-0.25, -0.2) is 0 Å². The number of rotatable bonds is 6. The number of carbonyl (C=O) groups is 1. The Hall–Kier alpha value is -2.89. The highest BCUT2D eigenvalue weighted by Crippen LogP contribution is 2.27. The van der Waals surface area contributed by atoms with Gasteiger partial charge >= 0.3 is 0 Å². The molecule has 3 rings (SSSR count). The number of pyridine rings is 1. The van der Waals surface area contributed by atoms with E-state index in [9.17, 15) is 4.79 Å². The van der Waals surface area contributed by atoms with Crippen molar-refractivity contribution in [1.29, 1.82) is 0 Å². The Labute approximate surface area is 147 Å². The van der Waals surface area contributed by atoms with E-state index in [1.807, 2.05) is 50.5 Å². The Morgan fingerprint density at radius 1 is 1.28 bits per heavy atom. The molecule has 130 valence electrons. The molecule has 1 unspecified atom stereocenters. The molecule has 0 saturated heterocycles. The summed E-state index contributed by atoms with van der Waals surface area (Å²) in [4.78, 5) is 18.8. The second kappa shape index (κ2) is 7.34. The maximum Gasteiger partial charge on any atom is 0.227 e. The molecule has 2 aromatic heterocycles. The molecule has 0 aliphatic rings. The molecule has 0 spiro atoms. The summed E-state index contributed by atoms with van der Waals surface area (Å²) in [6, 6.07) is 9.65. The van der Waals surface area contributed by atoms with E-state index in [-0.39, 0.29) is 11.8 Å². The van der Waals surface area contributed by atoms with Gasteiger partial charge in [-0.2, -0.15) is 5.10 Å². The van der Waals surface area contributed by atoms with Gasteiger partial charge in [-0.1, -0.05) is 19.1 Å². The van der Waals surface area contributed by atoms with Crippen LogP contribution >= 0.6 is 0 Å². The van der Waals surface area contributed by atoms with Crippen LogP contribution in [0.5, 0.6) is 5.75 Å². The van der Waals surface area contributed by atoms with Crippen molar-refractivity contribution in [2.24, 2.45) is 5.92 Å². The molecule has 1 aromatic carbocycles. The van der Waals surface area contributed by atoms with Crippen molar-refractivity contribution < 1.29 is 9.53 Å². The molecule has 2 heterocycles. The lowest BCUT2D eigenvalue weighted by atomic mass is 10.1. The standard InChI is InChI=1S/C19H22N4O2/c1-14(12-23-11-5-10-21-23)19(24)22(2)13-15-7-8-17(25-3)18-16(15)6-4-9-20-18/h4-11,14H,12-13H2,1-3H3. The number of ether oxygens (including phenoxy) is 1. The minimum atomic E-state index is -0.146. The maximum atomic E-state index is 12.7. The van der Waals surface area contributed by atoms with Gasteiger partial charge in [0, 0.05) is 37.6 Å². The summed E-state index contributed by atoms with van der Waals surface area (Å²) in [7, 11) is 3.46. The van der Waals surface area contributed by atoms with Crippen LogP contribution in [0.25, 0.3) is 10.9 Å². The largest absolute Gasteiger partial charge is 0.494 e. The van der Waals surface area contributed by atoms with Crippen molar-refractivity contribution in [2.75, 3.05) is 14.2 Å². The molecular formula is C19H22N4O2. The zero-order valence-electron chi connectivity index (χ0n) is 14.7. The van der Waals surface area contributed by atoms with E-state index in [2.05, 4.69) is 10.1 Å². The third-order valence-electron chi connectivity index (χ3n) is 4.27. The maximum absolute atomic E-state index is 12.7. The van der Waals surface area contributed by atoms with Crippen LogP contribution < -0.4 is 4.74 Å². The molecule has 0 aliphatic heterocycles. The van der Waals surface area contributed by atoms with E-state index in [4.69, 9.17) is 4.74 Å². The first-order valence-corrected chi connectivity index (χ1v) is 8.23. The zero-order chi connectivity index (χ0) is 17.8. The van der Waals surface area contributed by atoms with Crippen LogP contribution in [0.2, 0.25) is 0 Å². The van der Waals surface area contributed by atoms with Gasteiger partial charge in [-0.15, -0.1) is 0 Å². The Morgan fingerprint density at radius 2 is 2.12 bits per heavy atom. The smallest absolute Gasteiger partial charge is 0.227 e. The lowest BCUT2D eigenvalue weighted by molar-refractivity contribution is -0.134. The van der Waals surface area contributed by atoms with Crippen LogP contribution in [0.15, 0.2) is 48.9 Å². The number of hydrogen-bond donors (Lipinski definition) is 0. The van der Waals surface area contributed by atoms with Gasteiger partial charge in [-0.05, 0) is 23.8 Å². The van der Waals surface area contributed by atoms with E-state index < -0.39 is 0 Å². The summed E-state index contributed by atoms with van der Waals surface area (Å²) in [5.74, 6) is 0.677. The number of nitrogens with zero attached hydrogens (tertiary/aromatic N) is 4. The lowest BCUT2D eigenvalue weighted by Crippen LogP contribution is -2.33. The van der Waals surface area contributed by atoms with Gasteiger partial charge in [0.2, 0.25) is 5.91 Å². The lowest BCUT2D eigenvalue weighted by Gasteiger charge is -2.22. The first-order chi connectivity index (χ1) is 12.1. The highest BCUT2D eigenvalue weighted by Gasteiger charge is 2.19. The molecule has 0 N–H and O–H groups in total. The summed E-state index contributed by atoms with van der Waals surface area (Å²) in [5.41, 5.74) is 1.86. The summed E-state index contributed by atoms with van der Waals surface area (Å²) >= 11 is 0. The minimum absolute atomic E-state index is 0.0864. The number of fused-ring (bicyclic) bond motifs is 1. The third-order valence-corrected chi connectivity index (χ3v) is 4.27. The SMILES string of the molecule is COc1ccc(CN(C)C(=O)C(C)Cn2cccn2)c2cccnc12. The molecule has 6 heteroatoms. The average molecular weight is 338 g/mol. The molecule has 0 aliphatic carbocycles. The van der Waals surface area contributed by atoms with Gasteiger partial charge in [0.25, 0.3) is 0 Å². The van der Waals surface area contributed by atoms with E-state index in [1.54, 1.807) is 29.1 Å². The average Bonchev–Trinajstić information content (AvgIpc) is 3.14. The minimum Gasteiger partial charge on any atom is -0.494 e. The monoisotopic (exact) mass is 338 g/mol. The summed E-state index contributed by atoms with van der Waals surface area (Å²) in [6.45, 7) is 3.02. The topological polar surface area (TPSA) is 60.2 Å². The normalized spacial score (nSPS) is 12.1. The molecular weight excluding hydrogens is 316 g/mol. The Bertz CT molecular complexity index is 861. The van der Waals surface area contributed by atoms with E-state index in [0.717, 1.165) is 22.2 Å². The van der Waals surface area contributed by atoms with Crippen LogP contribution in [-0.2, 0) is 17.9 Å². The number of amides is 1. The van der Waals surface area contributed by atoms with Gasteiger partial charge in [0.15, 0.2) is 0 Å². The Morgan fingerprint density at radius 3 is 2.84 bits per heavy atom. The number of carbonyl (C=O) groups excluding carboxylic acids is 1. The summed E-state index contributed by atoms with van der Waals surface area (Å²) < 4.78 is 7.16. The Kier molecular flexibility index (Phi) is 4.97. The van der Waals surface area contributed by atoms with Crippen molar-refractivity contribution in [3.63, 3.8) is 0 Å². The second-order valence-corrected chi connectivity index (χ2v) is 6.15. The van der Waals surface area contributed by atoms with Crippen molar-refractivity contribution in [2.45, 2.75) is 20.0 Å². The molecule has 0 saturated carbocycles. The van der Waals surface area contributed by atoms with Crippen LogP contribution in [0.1, 0.15) is 12.5 Å². The number of benzene rings is 1. The fraction of sp³-hybridized carbons (Fsp3) is 0.316. The number of hydrogen-bond acceptors (Lipinski definition) is 4. The molecule has 6 nitrogen and oxygen atoms in total. The highest BCUT2D eigenvalue weighted by molar-refractivity contribution is 5.88. The molecule has 3 aromatic rings. The van der Waals surface area contributed by atoms with Gasteiger partial charge in [0.05, 0.1) is 19.6 Å². The summed E-state index contributed by atoms with van der Waals surface area (Å²) in [6.07, 6.45) is 5.33. The predicted molar refractivity (Wildman–Crippen MR) is 96.2 cm³/mol. The van der Waals surface area contributed by atoms with E-state index in [0.29, 0.717) is 13.1 Å². The predicted octanol–water partition coefficient (Wildman–Crippen LogP) is 2.73. The van der Waals surface area contributed by atoms with Crippen LogP contribution in [0, 0.1) is 5.92 Å². The van der Waals surface area contributed by atoms with Gasteiger partial charge in [-0.3, -0.25) is 14.5 Å². The molecule has 1 amide bonds. The van der Waals surface area contributed by atoms with Gasteiger partial charge in [0.1, 0.15) is 11.3 Å². The van der Waals surface area contributed by atoms with E-state index in [1.165, 1.54) is 0 Å². The van der Waals surface area contributed by atoms with Crippen LogP contribution in [0.3, 0.4) is 0 Å². The molecule has 1 atom stereocenters. The molecule has 25 heavy (non-hydrogen) atoms. The highest BCUT2D eigenvalue weighted by atomic mass is 16.5. The molecule has 0 bridgehead atoms. The first kappa shape index (κ1) is 17.0. The molecule has 0 radical (unpaired) electrons. The van der Waals surface area contributed by atoms with Gasteiger partial charge < -0.3 is 9.64 Å². The van der Waals surface area contributed by atoms with Crippen molar-refractivity contribution in [1.82, 2.24) is 19.7 Å². The van der Waals surface area contributed by atoms with Crippen LogP contribution in [0.4, 0.5) is 0 Å². The van der Waals surface area contributed by atoms with Crippen LogP contribution in [-0.4, -0.2) is 39.7 Å². The second-order valence-electron chi connectivity index (χ2n) is 6.15. The number of methoxy groups -OCH3 is 1. The Balaban J connectivity index is 1.77. The fourth-order valence-corrected chi connectivity index (χ4v) is 2.99. The number of aromatic nitrogens is 3. The van der Waals surface area contributed by atoms with Crippen molar-refractivity contribution in [3.05, 3.63) is 54.5 Å². The fourth-order valence-electron chi connectivity index (χ4n) is 2.99. The quantitative estimate of drug-likeness (QED) is 0.693. The van der Waals surface area contributed by atoms with Crippen molar-refractivity contribution >= 4 is 16.8 Å². The van der Waals surface area contributed by atoms with Crippen molar-refractivity contribution in [3.8, 4) is 5.75 Å². The zero-order valence-corrected chi connectivity index (χ0v) is 14.7. The summed E-state index contributed by atoms with van der Waals surface area (Å²) in [5, 5.41) is 5.17. The van der Waals surface area contributed by atoms with E-state index >= 15 is 0 Å². The first-order valence-electron chi connectivity index (χ1n) is 8.23.